The van der Waals surface area contributed by atoms with E-state index in [1.165, 1.54) is 18.2 Å². The number of hydrogen-bond donors (Lipinski definition) is 5. The topological polar surface area (TPSA) is 110 Å². The fourth-order valence-corrected chi connectivity index (χ4v) is 2.78. The van der Waals surface area contributed by atoms with Gasteiger partial charge in [-0.2, -0.15) is 0 Å². The summed E-state index contributed by atoms with van der Waals surface area (Å²) in [5.74, 6) is -0.582. The maximum absolute atomic E-state index is 10.2. The van der Waals surface area contributed by atoms with Crippen molar-refractivity contribution in [3.63, 3.8) is 0 Å². The van der Waals surface area contributed by atoms with Gasteiger partial charge in [0.25, 0.3) is 0 Å². The summed E-state index contributed by atoms with van der Waals surface area (Å²) in [6, 6.07) is 2.58. The van der Waals surface area contributed by atoms with E-state index in [-0.39, 0.29) is 41.8 Å². The lowest BCUT2D eigenvalue weighted by atomic mass is 9.86. The van der Waals surface area contributed by atoms with Crippen LogP contribution in [0.5, 0.6) is 17.2 Å². The number of rotatable bonds is 1. The van der Waals surface area contributed by atoms with Crippen LogP contribution in [0.2, 0.25) is 0 Å². The van der Waals surface area contributed by atoms with Crippen LogP contribution < -0.4 is 4.74 Å². The molecule has 0 fully saturated rings. The van der Waals surface area contributed by atoms with E-state index in [4.69, 9.17) is 4.74 Å². The molecule has 1 aromatic rings. The molecule has 0 saturated carbocycles. The number of benzene rings is 1. The van der Waals surface area contributed by atoms with E-state index in [0.717, 1.165) is 0 Å². The van der Waals surface area contributed by atoms with Crippen LogP contribution in [0.4, 0.5) is 0 Å². The predicted molar refractivity (Wildman–Crippen MR) is 73.4 cm³/mol. The Morgan fingerprint density at radius 3 is 2.52 bits per heavy atom. The Bertz CT molecular complexity index is 633. The van der Waals surface area contributed by atoms with Gasteiger partial charge >= 0.3 is 0 Å². The molecular formula is C15H16O6. The van der Waals surface area contributed by atoms with Crippen LogP contribution in [0, 0.1) is 5.92 Å². The SMILES string of the molecule is OC1=C(O)CC(C2Oc3cc(O)cc(O)c3CC2O)C=C1. The second-order valence-corrected chi connectivity index (χ2v) is 5.35. The summed E-state index contributed by atoms with van der Waals surface area (Å²) >= 11 is 0. The number of aromatic hydroxyl groups is 2. The zero-order chi connectivity index (χ0) is 15.1. The van der Waals surface area contributed by atoms with Gasteiger partial charge in [-0.05, 0) is 6.08 Å². The summed E-state index contributed by atoms with van der Waals surface area (Å²) in [6.45, 7) is 0. The van der Waals surface area contributed by atoms with Gasteiger partial charge in [0.1, 0.15) is 29.1 Å². The molecule has 0 bridgehead atoms. The Morgan fingerprint density at radius 2 is 1.81 bits per heavy atom. The molecule has 3 rings (SSSR count). The summed E-state index contributed by atoms with van der Waals surface area (Å²) in [5, 5.41) is 48.5. The van der Waals surface area contributed by atoms with Gasteiger partial charge in [-0.15, -0.1) is 0 Å². The zero-order valence-corrected chi connectivity index (χ0v) is 11.1. The maximum Gasteiger partial charge on any atom is 0.152 e. The largest absolute Gasteiger partial charge is 0.508 e. The van der Waals surface area contributed by atoms with E-state index < -0.39 is 12.2 Å². The summed E-state index contributed by atoms with van der Waals surface area (Å²) in [5.41, 5.74) is 0.443. The highest BCUT2D eigenvalue weighted by Gasteiger charge is 2.36. The molecule has 3 unspecified atom stereocenters. The van der Waals surface area contributed by atoms with Gasteiger partial charge in [0.15, 0.2) is 5.76 Å². The average molecular weight is 292 g/mol. The smallest absolute Gasteiger partial charge is 0.152 e. The first-order chi connectivity index (χ1) is 9.95. The second kappa shape index (κ2) is 4.89. The van der Waals surface area contributed by atoms with Gasteiger partial charge in [0.05, 0.1) is 6.10 Å². The molecule has 1 heterocycles. The average Bonchev–Trinajstić information content (AvgIpc) is 2.42. The Balaban J connectivity index is 1.88. The molecule has 0 spiro atoms. The quantitative estimate of drug-likeness (QED) is 0.538. The molecule has 2 aliphatic rings. The van der Waals surface area contributed by atoms with Crippen molar-refractivity contribution >= 4 is 0 Å². The highest BCUT2D eigenvalue weighted by atomic mass is 16.5. The summed E-state index contributed by atoms with van der Waals surface area (Å²) in [4.78, 5) is 0. The van der Waals surface area contributed by atoms with Crippen molar-refractivity contribution in [2.24, 2.45) is 5.92 Å². The summed E-state index contributed by atoms with van der Waals surface area (Å²) in [6.07, 6.45) is 1.88. The molecule has 112 valence electrons. The first kappa shape index (κ1) is 13.6. The van der Waals surface area contributed by atoms with E-state index in [1.54, 1.807) is 6.08 Å². The standard InChI is InChI=1S/C15H16O6/c16-8-4-11(18)9-6-13(20)15(21-14(9)5-8)7-1-2-10(17)12(19)3-7/h1-2,4-5,7,13,15-20H,3,6H2. The van der Waals surface area contributed by atoms with E-state index in [1.807, 2.05) is 0 Å². The maximum atomic E-state index is 10.2. The van der Waals surface area contributed by atoms with Crippen molar-refractivity contribution in [2.45, 2.75) is 25.0 Å². The normalized spacial score (nSPS) is 28.1. The monoisotopic (exact) mass is 292 g/mol. The minimum Gasteiger partial charge on any atom is -0.508 e. The van der Waals surface area contributed by atoms with Crippen molar-refractivity contribution < 1.29 is 30.3 Å². The minimum atomic E-state index is -0.865. The van der Waals surface area contributed by atoms with Gasteiger partial charge < -0.3 is 30.3 Å². The van der Waals surface area contributed by atoms with Crippen molar-refractivity contribution in [3.05, 3.63) is 41.4 Å². The molecule has 1 aliphatic heterocycles. The van der Waals surface area contributed by atoms with E-state index in [9.17, 15) is 25.5 Å². The van der Waals surface area contributed by atoms with Crippen molar-refractivity contribution in [1.29, 1.82) is 0 Å². The molecule has 6 heteroatoms. The number of phenolic OH excluding ortho intramolecular Hbond substituents is 2. The number of fused-ring (bicyclic) bond motifs is 1. The van der Waals surface area contributed by atoms with Gasteiger partial charge in [0.2, 0.25) is 0 Å². The van der Waals surface area contributed by atoms with Crippen molar-refractivity contribution in [1.82, 2.24) is 0 Å². The molecule has 3 atom stereocenters. The predicted octanol–water partition coefficient (Wildman–Crippen LogP) is 1.67. The molecule has 0 radical (unpaired) electrons. The van der Waals surface area contributed by atoms with Gasteiger partial charge in [-0.1, -0.05) is 6.08 Å². The second-order valence-electron chi connectivity index (χ2n) is 5.35. The highest BCUT2D eigenvalue weighted by molar-refractivity contribution is 5.51. The van der Waals surface area contributed by atoms with Gasteiger partial charge in [-0.3, -0.25) is 0 Å². The van der Waals surface area contributed by atoms with E-state index in [2.05, 4.69) is 0 Å². The van der Waals surface area contributed by atoms with Crippen LogP contribution in [0.1, 0.15) is 12.0 Å². The highest BCUT2D eigenvalue weighted by Crippen LogP contribution is 2.40. The summed E-state index contributed by atoms with van der Waals surface area (Å²) < 4.78 is 5.69. The zero-order valence-electron chi connectivity index (χ0n) is 11.1. The van der Waals surface area contributed by atoms with Crippen LogP contribution in [0.3, 0.4) is 0 Å². The summed E-state index contributed by atoms with van der Waals surface area (Å²) in [7, 11) is 0. The van der Waals surface area contributed by atoms with Gasteiger partial charge in [-0.25, -0.2) is 0 Å². The number of ether oxygens (including phenoxy) is 1. The van der Waals surface area contributed by atoms with Gasteiger partial charge in [0, 0.05) is 36.5 Å². The molecule has 1 aliphatic carbocycles. The number of phenols is 2. The molecule has 5 N–H and O–H groups in total. The van der Waals surface area contributed by atoms with Crippen LogP contribution in [0.15, 0.2) is 35.8 Å². The fraction of sp³-hybridized carbons (Fsp3) is 0.333. The van der Waals surface area contributed by atoms with Crippen molar-refractivity contribution in [2.75, 3.05) is 0 Å². The Kier molecular flexibility index (Phi) is 3.17. The molecule has 0 amide bonds. The van der Waals surface area contributed by atoms with E-state index in [0.29, 0.717) is 11.3 Å². The van der Waals surface area contributed by atoms with Crippen LogP contribution >= 0.6 is 0 Å². The molecule has 21 heavy (non-hydrogen) atoms. The minimum absolute atomic E-state index is 0.123. The van der Waals surface area contributed by atoms with Crippen LogP contribution in [-0.2, 0) is 6.42 Å². The Morgan fingerprint density at radius 1 is 1.05 bits per heavy atom. The Labute approximate surface area is 120 Å². The van der Waals surface area contributed by atoms with E-state index >= 15 is 0 Å². The van der Waals surface area contributed by atoms with Crippen molar-refractivity contribution in [3.8, 4) is 17.2 Å². The number of allylic oxidation sites excluding steroid dienone is 2. The molecule has 0 saturated heterocycles. The third-order valence-electron chi connectivity index (χ3n) is 3.87. The number of aliphatic hydroxyl groups is 3. The molecule has 1 aromatic carbocycles. The third kappa shape index (κ3) is 2.38. The third-order valence-corrected chi connectivity index (χ3v) is 3.87. The first-order valence-corrected chi connectivity index (χ1v) is 6.64. The number of aliphatic hydroxyl groups excluding tert-OH is 3. The molecule has 0 aromatic heterocycles. The lowest BCUT2D eigenvalue weighted by molar-refractivity contribution is -0.00508. The fourth-order valence-electron chi connectivity index (χ4n) is 2.78. The first-order valence-electron chi connectivity index (χ1n) is 6.64. The molecular weight excluding hydrogens is 276 g/mol. The van der Waals surface area contributed by atoms with Crippen LogP contribution in [-0.4, -0.2) is 37.7 Å². The lowest BCUT2D eigenvalue weighted by Crippen LogP contribution is -2.43. The Hall–Kier alpha value is -2.34. The molecule has 6 nitrogen and oxygen atoms in total. The number of hydrogen-bond acceptors (Lipinski definition) is 6. The van der Waals surface area contributed by atoms with Crippen LogP contribution in [0.25, 0.3) is 0 Å². The lowest BCUT2D eigenvalue weighted by Gasteiger charge is -2.35.